The summed E-state index contributed by atoms with van der Waals surface area (Å²) in [7, 11) is 0. The average Bonchev–Trinajstić information content (AvgIpc) is 3.66. The van der Waals surface area contributed by atoms with Crippen molar-refractivity contribution in [1.82, 2.24) is 14.8 Å². The van der Waals surface area contributed by atoms with Crippen molar-refractivity contribution < 1.29 is 19.2 Å². The van der Waals surface area contributed by atoms with Crippen LogP contribution in [0.4, 0.5) is 5.69 Å². The second-order valence-corrected chi connectivity index (χ2v) is 10.8. The summed E-state index contributed by atoms with van der Waals surface area (Å²) in [5, 5.41) is 19.7. The zero-order valence-electron chi connectivity index (χ0n) is 21.6. The largest absolute Gasteiger partial charge is 0.379 e. The highest BCUT2D eigenvalue weighted by Crippen LogP contribution is 2.35. The molecule has 0 aliphatic carbocycles. The van der Waals surface area contributed by atoms with Crippen LogP contribution in [0.15, 0.2) is 71.1 Å². The minimum absolute atomic E-state index is 0.0597. The lowest BCUT2D eigenvalue weighted by atomic mass is 10.0. The van der Waals surface area contributed by atoms with E-state index in [1.807, 2.05) is 17.5 Å². The van der Waals surface area contributed by atoms with Crippen molar-refractivity contribution in [2.45, 2.75) is 12.5 Å². The molecule has 3 aromatic rings. The third-order valence-corrected chi connectivity index (χ3v) is 8.19. The number of nitro benzene ring substituents is 1. The van der Waals surface area contributed by atoms with E-state index in [1.165, 1.54) is 33.4 Å². The summed E-state index contributed by atoms with van der Waals surface area (Å²) in [4.78, 5) is 43.1. The number of rotatable bonds is 9. The first kappa shape index (κ1) is 27.9. The standard InChI is InChI=1S/C28H28ClN5O5S/c29-23-8-2-1-7-22(23)28(36)32(11-10-31-12-14-39-15-13-31)19-27(35)33-25(18-24(30-33)26-9-4-16-40-26)20-5-3-6-21(17-20)34(37)38/h1-9,16-17,25H,10-15,18-19H2. The Kier molecular flexibility index (Phi) is 8.85. The Balaban J connectivity index is 1.42. The molecule has 0 bridgehead atoms. The number of morpholine rings is 1. The van der Waals surface area contributed by atoms with E-state index in [1.54, 1.807) is 36.4 Å². The first-order chi connectivity index (χ1) is 19.4. The molecular weight excluding hydrogens is 554 g/mol. The summed E-state index contributed by atoms with van der Waals surface area (Å²) < 4.78 is 5.43. The summed E-state index contributed by atoms with van der Waals surface area (Å²) in [6, 6.07) is 16.3. The van der Waals surface area contributed by atoms with Crippen molar-refractivity contribution in [3.05, 3.63) is 97.2 Å². The van der Waals surface area contributed by atoms with Crippen molar-refractivity contribution in [3.63, 3.8) is 0 Å². The summed E-state index contributed by atoms with van der Waals surface area (Å²) in [6.07, 6.45) is 0.402. The number of halogens is 1. The van der Waals surface area contributed by atoms with E-state index in [0.717, 1.165) is 23.7 Å². The van der Waals surface area contributed by atoms with E-state index in [9.17, 15) is 19.7 Å². The van der Waals surface area contributed by atoms with Crippen molar-refractivity contribution in [2.24, 2.45) is 5.10 Å². The number of amides is 2. The number of non-ortho nitro benzene ring substituents is 1. The maximum absolute atomic E-state index is 13.9. The van der Waals surface area contributed by atoms with Crippen LogP contribution in [-0.4, -0.2) is 83.2 Å². The molecule has 2 aliphatic heterocycles. The van der Waals surface area contributed by atoms with Crippen LogP contribution >= 0.6 is 22.9 Å². The maximum atomic E-state index is 13.9. The fraction of sp³-hybridized carbons (Fsp3) is 0.321. The third kappa shape index (κ3) is 6.39. The number of nitro groups is 1. The fourth-order valence-electron chi connectivity index (χ4n) is 4.82. The van der Waals surface area contributed by atoms with E-state index < -0.39 is 11.0 Å². The summed E-state index contributed by atoms with van der Waals surface area (Å²) >= 11 is 7.86. The Hall–Kier alpha value is -3.64. The Morgan fingerprint density at radius 1 is 1.12 bits per heavy atom. The lowest BCUT2D eigenvalue weighted by Crippen LogP contribution is -2.46. The van der Waals surface area contributed by atoms with Crippen molar-refractivity contribution in [1.29, 1.82) is 0 Å². The topological polar surface area (TPSA) is 109 Å². The summed E-state index contributed by atoms with van der Waals surface area (Å²) in [5.74, 6) is -0.730. The molecule has 1 aromatic heterocycles. The van der Waals surface area contributed by atoms with Crippen LogP contribution in [-0.2, 0) is 9.53 Å². The zero-order valence-corrected chi connectivity index (χ0v) is 23.2. The number of hydrogen-bond donors (Lipinski definition) is 0. The number of ether oxygens (including phenoxy) is 1. The van der Waals surface area contributed by atoms with Crippen molar-refractivity contribution >= 4 is 46.2 Å². The van der Waals surface area contributed by atoms with E-state index in [-0.39, 0.29) is 24.0 Å². The highest BCUT2D eigenvalue weighted by atomic mass is 35.5. The van der Waals surface area contributed by atoms with Crippen LogP contribution in [0.2, 0.25) is 5.02 Å². The summed E-state index contributed by atoms with van der Waals surface area (Å²) in [5.41, 5.74) is 1.58. The minimum Gasteiger partial charge on any atom is -0.379 e. The second kappa shape index (κ2) is 12.7. The highest BCUT2D eigenvalue weighted by molar-refractivity contribution is 7.12. The van der Waals surface area contributed by atoms with Gasteiger partial charge in [-0.1, -0.05) is 41.9 Å². The molecule has 3 heterocycles. The van der Waals surface area contributed by atoms with Gasteiger partial charge in [-0.05, 0) is 29.1 Å². The van der Waals surface area contributed by atoms with Gasteiger partial charge in [-0.2, -0.15) is 5.10 Å². The Morgan fingerprint density at radius 2 is 1.93 bits per heavy atom. The smallest absolute Gasteiger partial charge is 0.269 e. The molecule has 0 spiro atoms. The molecule has 10 nitrogen and oxygen atoms in total. The van der Waals surface area contributed by atoms with E-state index in [4.69, 9.17) is 16.3 Å². The van der Waals surface area contributed by atoms with E-state index >= 15 is 0 Å². The fourth-order valence-corrected chi connectivity index (χ4v) is 5.75. The van der Waals surface area contributed by atoms with E-state index in [2.05, 4.69) is 10.0 Å². The Morgan fingerprint density at radius 3 is 2.65 bits per heavy atom. The van der Waals surface area contributed by atoms with Crippen molar-refractivity contribution in [3.8, 4) is 0 Å². The monoisotopic (exact) mass is 581 g/mol. The molecule has 40 heavy (non-hydrogen) atoms. The quantitative estimate of drug-likeness (QED) is 0.273. The van der Waals surface area contributed by atoms with Gasteiger partial charge in [0.2, 0.25) is 0 Å². The maximum Gasteiger partial charge on any atom is 0.269 e. The molecule has 2 amide bonds. The van der Waals surface area contributed by atoms with Gasteiger partial charge in [-0.15, -0.1) is 11.3 Å². The van der Waals surface area contributed by atoms with Crippen LogP contribution in [0.3, 0.4) is 0 Å². The lowest BCUT2D eigenvalue weighted by molar-refractivity contribution is -0.385. The first-order valence-electron chi connectivity index (χ1n) is 12.9. The Bertz CT molecular complexity index is 1410. The van der Waals surface area contributed by atoms with Gasteiger partial charge in [0.05, 0.1) is 45.4 Å². The molecule has 12 heteroatoms. The van der Waals surface area contributed by atoms with Gasteiger partial charge < -0.3 is 9.64 Å². The molecule has 1 unspecified atom stereocenters. The number of hydrogen-bond acceptors (Lipinski definition) is 8. The van der Waals surface area contributed by atoms with Gasteiger partial charge in [0, 0.05) is 44.7 Å². The first-order valence-corrected chi connectivity index (χ1v) is 14.2. The molecule has 0 saturated carbocycles. The van der Waals surface area contributed by atoms with Crippen LogP contribution in [0, 0.1) is 10.1 Å². The molecule has 2 aromatic carbocycles. The predicted octanol–water partition coefficient (Wildman–Crippen LogP) is 4.46. The molecular formula is C28H28ClN5O5S. The van der Waals surface area contributed by atoms with Gasteiger partial charge in [-0.25, -0.2) is 5.01 Å². The normalized spacial score (nSPS) is 17.5. The summed E-state index contributed by atoms with van der Waals surface area (Å²) in [6.45, 7) is 3.40. The van der Waals surface area contributed by atoms with Crippen molar-refractivity contribution in [2.75, 3.05) is 45.9 Å². The van der Waals surface area contributed by atoms with E-state index in [0.29, 0.717) is 48.9 Å². The molecule has 0 N–H and O–H groups in total. The number of benzene rings is 2. The molecule has 1 saturated heterocycles. The van der Waals surface area contributed by atoms with Gasteiger partial charge in [0.15, 0.2) is 0 Å². The van der Waals surface area contributed by atoms with Gasteiger partial charge in [0.1, 0.15) is 6.54 Å². The lowest BCUT2D eigenvalue weighted by Gasteiger charge is -2.31. The SMILES string of the molecule is O=C(c1ccccc1Cl)N(CCN1CCOCC1)CC(=O)N1N=C(c2cccs2)CC1c1cccc([N+](=O)[O-])c1. The van der Waals surface area contributed by atoms with Crippen LogP contribution < -0.4 is 0 Å². The minimum atomic E-state index is -0.541. The van der Waals surface area contributed by atoms with Gasteiger partial charge >= 0.3 is 0 Å². The number of thiophene rings is 1. The Labute approximate surface area is 240 Å². The number of nitrogens with zero attached hydrogens (tertiary/aromatic N) is 5. The molecule has 5 rings (SSSR count). The predicted molar refractivity (Wildman–Crippen MR) is 153 cm³/mol. The average molecular weight is 582 g/mol. The van der Waals surface area contributed by atoms with Crippen LogP contribution in [0.5, 0.6) is 0 Å². The number of carbonyl (C=O) groups excluding carboxylic acids is 2. The molecule has 1 fully saturated rings. The van der Waals surface area contributed by atoms with Gasteiger partial charge in [0.25, 0.3) is 17.5 Å². The number of carbonyl (C=O) groups is 2. The number of hydrazone groups is 1. The van der Waals surface area contributed by atoms with Gasteiger partial charge in [-0.3, -0.25) is 24.6 Å². The third-order valence-electron chi connectivity index (χ3n) is 6.94. The van der Waals surface area contributed by atoms with Crippen LogP contribution in [0.1, 0.15) is 33.3 Å². The molecule has 2 aliphatic rings. The van der Waals surface area contributed by atoms with Crippen LogP contribution in [0.25, 0.3) is 0 Å². The zero-order chi connectivity index (χ0) is 28.1. The molecule has 1 atom stereocenters. The second-order valence-electron chi connectivity index (χ2n) is 9.49. The highest BCUT2D eigenvalue weighted by Gasteiger charge is 2.35. The molecule has 0 radical (unpaired) electrons. The molecule has 208 valence electrons.